The number of carbonyl (C=O) groups excluding carboxylic acids is 2. The molecular formula is C28H35N3O4. The summed E-state index contributed by atoms with van der Waals surface area (Å²) >= 11 is 0. The lowest BCUT2D eigenvalue weighted by Gasteiger charge is -2.39. The van der Waals surface area contributed by atoms with E-state index < -0.39 is 0 Å². The third kappa shape index (κ3) is 5.61. The molecule has 186 valence electrons. The Labute approximate surface area is 207 Å². The van der Waals surface area contributed by atoms with E-state index in [0.717, 1.165) is 56.9 Å². The van der Waals surface area contributed by atoms with Gasteiger partial charge in [0.2, 0.25) is 12.7 Å². The first-order valence-corrected chi connectivity index (χ1v) is 12.9. The molecule has 5 rings (SSSR count). The predicted octanol–water partition coefficient (Wildman–Crippen LogP) is 4.85. The Morgan fingerprint density at radius 3 is 2.49 bits per heavy atom. The first-order valence-electron chi connectivity index (χ1n) is 12.9. The maximum absolute atomic E-state index is 13.6. The molecule has 0 bridgehead atoms. The Morgan fingerprint density at radius 2 is 1.69 bits per heavy atom. The van der Waals surface area contributed by atoms with Gasteiger partial charge >= 0.3 is 0 Å². The van der Waals surface area contributed by atoms with Crippen molar-refractivity contribution in [3.63, 3.8) is 0 Å². The van der Waals surface area contributed by atoms with Gasteiger partial charge in [0.1, 0.15) is 0 Å². The first kappa shape index (κ1) is 23.7. The van der Waals surface area contributed by atoms with Crippen LogP contribution in [0.2, 0.25) is 0 Å². The van der Waals surface area contributed by atoms with Gasteiger partial charge in [-0.2, -0.15) is 0 Å². The second kappa shape index (κ2) is 10.7. The number of benzene rings is 2. The second-order valence-corrected chi connectivity index (χ2v) is 10.1. The monoisotopic (exact) mass is 477 g/mol. The third-order valence-corrected chi connectivity index (χ3v) is 7.59. The number of anilines is 1. The molecule has 0 aromatic heterocycles. The lowest BCUT2D eigenvalue weighted by atomic mass is 9.85. The van der Waals surface area contributed by atoms with Crippen molar-refractivity contribution < 1.29 is 19.1 Å². The van der Waals surface area contributed by atoms with Crippen LogP contribution in [0, 0.1) is 5.92 Å². The maximum Gasteiger partial charge on any atom is 0.255 e. The smallest absolute Gasteiger partial charge is 0.255 e. The highest BCUT2D eigenvalue weighted by molar-refractivity contribution is 6.04. The van der Waals surface area contributed by atoms with Crippen LogP contribution in [-0.2, 0) is 11.3 Å². The molecular weight excluding hydrogens is 442 g/mol. The summed E-state index contributed by atoms with van der Waals surface area (Å²) in [6, 6.07) is 13.5. The fraction of sp³-hybridized carbons (Fsp3) is 0.500. The molecule has 7 nitrogen and oxygen atoms in total. The number of nitrogens with two attached hydrogens (primary N) is 1. The Hall–Kier alpha value is -3.06. The average molecular weight is 478 g/mol. The molecule has 2 saturated carbocycles. The summed E-state index contributed by atoms with van der Waals surface area (Å²) in [5.74, 6) is 1.44. The molecule has 3 aliphatic rings. The molecule has 0 saturated heterocycles. The number of amides is 2. The van der Waals surface area contributed by atoms with Gasteiger partial charge in [-0.1, -0.05) is 31.4 Å². The summed E-state index contributed by atoms with van der Waals surface area (Å²) in [5.41, 5.74) is 8.39. The zero-order valence-electron chi connectivity index (χ0n) is 20.2. The van der Waals surface area contributed by atoms with Crippen molar-refractivity contribution in [3.8, 4) is 11.5 Å². The van der Waals surface area contributed by atoms with Gasteiger partial charge in [-0.05, 0) is 74.4 Å². The van der Waals surface area contributed by atoms with Crippen molar-refractivity contribution in [2.75, 3.05) is 12.1 Å². The lowest BCUT2D eigenvalue weighted by molar-refractivity contribution is -0.140. The van der Waals surface area contributed by atoms with Gasteiger partial charge < -0.3 is 25.4 Å². The highest BCUT2D eigenvalue weighted by Gasteiger charge is 2.32. The van der Waals surface area contributed by atoms with Gasteiger partial charge in [0.05, 0.1) is 0 Å². The van der Waals surface area contributed by atoms with Gasteiger partial charge in [0.25, 0.3) is 5.91 Å². The molecule has 0 unspecified atom stereocenters. The van der Waals surface area contributed by atoms with E-state index in [0.29, 0.717) is 35.2 Å². The lowest BCUT2D eigenvalue weighted by Crippen LogP contribution is -2.46. The Kier molecular flexibility index (Phi) is 7.23. The minimum atomic E-state index is -0.211. The first-order chi connectivity index (χ1) is 17.1. The number of fused-ring (bicyclic) bond motifs is 1. The summed E-state index contributed by atoms with van der Waals surface area (Å²) in [5, 5.41) is 2.99. The highest BCUT2D eigenvalue weighted by Crippen LogP contribution is 2.33. The number of ether oxygens (including phenoxy) is 2. The fourth-order valence-corrected chi connectivity index (χ4v) is 5.57. The van der Waals surface area contributed by atoms with Crippen molar-refractivity contribution in [2.45, 2.75) is 76.4 Å². The normalized spacial score (nSPS) is 22.0. The molecule has 3 N–H and O–H groups in total. The minimum Gasteiger partial charge on any atom is -0.454 e. The molecule has 2 amide bonds. The average Bonchev–Trinajstić information content (AvgIpc) is 3.36. The molecule has 2 aromatic rings. The maximum atomic E-state index is 13.6. The Balaban J connectivity index is 1.30. The van der Waals surface area contributed by atoms with E-state index in [1.807, 2.05) is 24.3 Å². The van der Waals surface area contributed by atoms with E-state index in [1.165, 1.54) is 6.42 Å². The number of hydrogen-bond donors (Lipinski definition) is 2. The molecule has 2 aromatic carbocycles. The molecule has 0 atom stereocenters. The topological polar surface area (TPSA) is 93.9 Å². The predicted molar refractivity (Wildman–Crippen MR) is 134 cm³/mol. The largest absolute Gasteiger partial charge is 0.454 e. The van der Waals surface area contributed by atoms with Crippen LogP contribution in [-0.4, -0.2) is 35.6 Å². The van der Waals surface area contributed by atoms with E-state index >= 15 is 0 Å². The van der Waals surface area contributed by atoms with Crippen LogP contribution in [0.3, 0.4) is 0 Å². The van der Waals surface area contributed by atoms with Crippen LogP contribution in [0.5, 0.6) is 11.5 Å². The van der Waals surface area contributed by atoms with Crippen molar-refractivity contribution >= 4 is 17.5 Å². The molecule has 2 aliphatic carbocycles. The van der Waals surface area contributed by atoms with E-state index in [9.17, 15) is 9.59 Å². The highest BCUT2D eigenvalue weighted by atomic mass is 16.7. The molecule has 35 heavy (non-hydrogen) atoms. The quantitative estimate of drug-likeness (QED) is 0.621. The van der Waals surface area contributed by atoms with Crippen LogP contribution < -0.4 is 20.5 Å². The van der Waals surface area contributed by atoms with Crippen molar-refractivity contribution in [3.05, 3.63) is 53.6 Å². The van der Waals surface area contributed by atoms with Crippen LogP contribution in [0.25, 0.3) is 0 Å². The summed E-state index contributed by atoms with van der Waals surface area (Å²) in [6.45, 7) is 0.731. The second-order valence-electron chi connectivity index (χ2n) is 10.1. The number of carbonyl (C=O) groups is 2. The molecule has 1 aliphatic heterocycles. The summed E-state index contributed by atoms with van der Waals surface area (Å²) in [6.07, 6.45) is 9.34. The van der Waals surface area contributed by atoms with Crippen LogP contribution >= 0.6 is 0 Å². The van der Waals surface area contributed by atoms with Gasteiger partial charge in [-0.15, -0.1) is 0 Å². The van der Waals surface area contributed by atoms with Gasteiger partial charge in [0.15, 0.2) is 11.5 Å². The molecule has 0 spiro atoms. The standard InChI is InChI=1S/C28H35N3O4/c29-22-10-12-24(13-11-22)31(28(33)20-6-2-1-3-7-20)17-19-5-4-8-23(15-19)30-27(32)21-9-14-25-26(16-21)35-18-34-25/h4-5,8-9,14-16,20,22,24H,1-3,6-7,10-13,17-18,29H2,(H,30,32). The van der Waals surface area contributed by atoms with Crippen LogP contribution in [0.4, 0.5) is 5.69 Å². The van der Waals surface area contributed by atoms with Crippen molar-refractivity contribution in [1.29, 1.82) is 0 Å². The SMILES string of the molecule is NC1CCC(N(Cc2cccc(NC(=O)c3ccc4c(c3)OCO4)c2)C(=O)C2CCCCC2)CC1. The number of nitrogens with one attached hydrogen (secondary N) is 1. The van der Waals surface area contributed by atoms with Crippen LogP contribution in [0.15, 0.2) is 42.5 Å². The van der Waals surface area contributed by atoms with Gasteiger partial charge in [-0.25, -0.2) is 0 Å². The van der Waals surface area contributed by atoms with Crippen molar-refractivity contribution in [1.82, 2.24) is 4.90 Å². The van der Waals surface area contributed by atoms with Crippen LogP contribution in [0.1, 0.15) is 73.7 Å². The zero-order valence-corrected chi connectivity index (χ0v) is 20.2. The van der Waals surface area contributed by atoms with E-state index in [2.05, 4.69) is 10.2 Å². The zero-order chi connectivity index (χ0) is 24.2. The minimum absolute atomic E-state index is 0.133. The van der Waals surface area contributed by atoms with E-state index in [-0.39, 0.29) is 30.7 Å². The molecule has 7 heteroatoms. The summed E-state index contributed by atoms with van der Waals surface area (Å²) < 4.78 is 10.7. The number of rotatable bonds is 6. The molecule has 0 radical (unpaired) electrons. The summed E-state index contributed by atoms with van der Waals surface area (Å²) in [4.78, 5) is 28.6. The third-order valence-electron chi connectivity index (χ3n) is 7.59. The molecule has 2 fully saturated rings. The fourth-order valence-electron chi connectivity index (χ4n) is 5.57. The van der Waals surface area contributed by atoms with Gasteiger partial charge in [-0.3, -0.25) is 9.59 Å². The summed E-state index contributed by atoms with van der Waals surface area (Å²) in [7, 11) is 0. The Morgan fingerprint density at radius 1 is 0.914 bits per heavy atom. The van der Waals surface area contributed by atoms with E-state index in [4.69, 9.17) is 15.2 Å². The number of hydrogen-bond acceptors (Lipinski definition) is 5. The Bertz CT molecular complexity index is 1060. The van der Waals surface area contributed by atoms with Gasteiger partial charge in [0, 0.05) is 35.8 Å². The van der Waals surface area contributed by atoms with Crippen molar-refractivity contribution in [2.24, 2.45) is 11.7 Å². The number of nitrogens with zero attached hydrogens (tertiary/aromatic N) is 1. The molecule has 1 heterocycles. The van der Waals surface area contributed by atoms with E-state index in [1.54, 1.807) is 18.2 Å².